The summed E-state index contributed by atoms with van der Waals surface area (Å²) in [7, 11) is 1.53. The lowest BCUT2D eigenvalue weighted by Gasteiger charge is -2.48. The van der Waals surface area contributed by atoms with Crippen molar-refractivity contribution in [3.63, 3.8) is 0 Å². The van der Waals surface area contributed by atoms with Gasteiger partial charge in [0.15, 0.2) is 0 Å². The van der Waals surface area contributed by atoms with E-state index >= 15 is 0 Å². The zero-order valence-corrected chi connectivity index (χ0v) is 15.1. The van der Waals surface area contributed by atoms with Crippen LogP contribution in [-0.2, 0) is 9.53 Å². The van der Waals surface area contributed by atoms with Gasteiger partial charge in [-0.15, -0.1) is 0 Å². The highest BCUT2D eigenvalue weighted by Crippen LogP contribution is 2.53. The minimum atomic E-state index is -0.409. The van der Waals surface area contributed by atoms with Crippen molar-refractivity contribution in [2.75, 3.05) is 7.11 Å². The topological polar surface area (TPSA) is 26.3 Å². The lowest BCUT2D eigenvalue weighted by atomic mass is 9.55. The van der Waals surface area contributed by atoms with Crippen LogP contribution in [0.3, 0.4) is 0 Å². The van der Waals surface area contributed by atoms with Crippen molar-refractivity contribution in [2.24, 2.45) is 16.2 Å². The van der Waals surface area contributed by atoms with Crippen molar-refractivity contribution in [1.82, 2.24) is 0 Å². The fourth-order valence-corrected chi connectivity index (χ4v) is 3.51. The van der Waals surface area contributed by atoms with Crippen molar-refractivity contribution >= 4 is 5.97 Å². The molecule has 0 rings (SSSR count). The van der Waals surface area contributed by atoms with Gasteiger partial charge in [-0.1, -0.05) is 60.8 Å². The van der Waals surface area contributed by atoms with E-state index in [1.165, 1.54) is 7.11 Å². The Kier molecular flexibility index (Phi) is 7.27. The Balaban J connectivity index is 5.67. The summed E-state index contributed by atoms with van der Waals surface area (Å²) in [6, 6.07) is 0. The van der Waals surface area contributed by atoms with Gasteiger partial charge < -0.3 is 4.74 Å². The molecule has 0 saturated heterocycles. The average Bonchev–Trinajstić information content (AvgIpc) is 2.45. The van der Waals surface area contributed by atoms with Crippen molar-refractivity contribution < 1.29 is 9.53 Å². The first-order valence-corrected chi connectivity index (χ1v) is 8.27. The van der Waals surface area contributed by atoms with E-state index in [-0.39, 0.29) is 16.8 Å². The smallest absolute Gasteiger partial charge is 0.312 e. The van der Waals surface area contributed by atoms with E-state index in [9.17, 15) is 4.79 Å². The molecule has 0 N–H and O–H groups in total. The van der Waals surface area contributed by atoms with Crippen molar-refractivity contribution in [3.05, 3.63) is 0 Å². The number of esters is 1. The maximum absolute atomic E-state index is 12.6. The first-order valence-electron chi connectivity index (χ1n) is 8.27. The molecule has 0 saturated carbocycles. The minimum absolute atomic E-state index is 0.000440. The highest BCUT2D eigenvalue weighted by molar-refractivity contribution is 5.77. The van der Waals surface area contributed by atoms with E-state index in [1.54, 1.807) is 0 Å². The van der Waals surface area contributed by atoms with E-state index in [0.29, 0.717) is 0 Å². The van der Waals surface area contributed by atoms with Gasteiger partial charge in [0.2, 0.25) is 0 Å². The van der Waals surface area contributed by atoms with Crippen LogP contribution >= 0.6 is 0 Å². The Labute approximate surface area is 126 Å². The van der Waals surface area contributed by atoms with Gasteiger partial charge in [0, 0.05) is 0 Å². The summed E-state index contributed by atoms with van der Waals surface area (Å²) in [6.45, 7) is 15.5. The SMILES string of the molecule is CCCC(C)(CC)C(C)(CC(C)(CC)CC)C(=O)OC. The van der Waals surface area contributed by atoms with Crippen LogP contribution in [0.25, 0.3) is 0 Å². The molecule has 0 heterocycles. The van der Waals surface area contributed by atoms with Crippen LogP contribution in [0.15, 0.2) is 0 Å². The van der Waals surface area contributed by atoms with Crippen molar-refractivity contribution in [2.45, 2.75) is 87.0 Å². The maximum atomic E-state index is 12.6. The second-order valence-electron chi connectivity index (χ2n) is 7.18. The third-order valence-electron chi connectivity index (χ3n) is 6.04. The molecule has 0 spiro atoms. The molecule has 2 unspecified atom stereocenters. The van der Waals surface area contributed by atoms with Gasteiger partial charge in [-0.3, -0.25) is 4.79 Å². The van der Waals surface area contributed by atoms with Gasteiger partial charge in [0.05, 0.1) is 12.5 Å². The molecule has 0 aliphatic carbocycles. The fourth-order valence-electron chi connectivity index (χ4n) is 3.51. The van der Waals surface area contributed by atoms with Crippen LogP contribution < -0.4 is 0 Å². The van der Waals surface area contributed by atoms with E-state index in [0.717, 1.165) is 38.5 Å². The molecule has 0 aliphatic heterocycles. The third-order valence-corrected chi connectivity index (χ3v) is 6.04. The van der Waals surface area contributed by atoms with Crippen LogP contribution in [0.1, 0.15) is 87.0 Å². The summed E-state index contributed by atoms with van der Waals surface area (Å²) in [5, 5.41) is 0. The first-order chi connectivity index (χ1) is 9.18. The molecule has 0 aromatic carbocycles. The van der Waals surface area contributed by atoms with E-state index in [4.69, 9.17) is 4.74 Å². The summed E-state index contributed by atoms with van der Waals surface area (Å²) in [6.07, 6.45) is 6.29. The van der Waals surface area contributed by atoms with Crippen LogP contribution in [0.4, 0.5) is 0 Å². The van der Waals surface area contributed by atoms with Gasteiger partial charge in [0.1, 0.15) is 0 Å². The van der Waals surface area contributed by atoms with E-state index < -0.39 is 5.41 Å². The Morgan fingerprint density at radius 1 is 0.950 bits per heavy atom. The second kappa shape index (κ2) is 7.47. The summed E-state index contributed by atoms with van der Waals surface area (Å²) in [4.78, 5) is 12.6. The lowest BCUT2D eigenvalue weighted by molar-refractivity contribution is -0.165. The summed E-state index contributed by atoms with van der Waals surface area (Å²) in [5.41, 5.74) is -0.208. The molecule has 0 bridgehead atoms. The molecule has 0 aliphatic rings. The largest absolute Gasteiger partial charge is 0.469 e. The highest BCUT2D eigenvalue weighted by atomic mass is 16.5. The highest BCUT2D eigenvalue weighted by Gasteiger charge is 2.51. The number of rotatable bonds is 9. The zero-order valence-electron chi connectivity index (χ0n) is 15.1. The lowest BCUT2D eigenvalue weighted by Crippen LogP contribution is -2.47. The zero-order chi connectivity index (χ0) is 16.0. The molecule has 120 valence electrons. The quantitative estimate of drug-likeness (QED) is 0.515. The normalized spacial score (nSPS) is 18.2. The molecule has 2 nitrogen and oxygen atoms in total. The monoisotopic (exact) mass is 284 g/mol. The predicted molar refractivity (Wildman–Crippen MR) is 86.7 cm³/mol. The van der Waals surface area contributed by atoms with Crippen LogP contribution in [-0.4, -0.2) is 13.1 Å². The standard InChI is InChI=1S/C18H36O2/c1-9-13-17(6,12-4)18(7,15(19)20-8)14-16(5,10-2)11-3/h9-14H2,1-8H3. The number of carbonyl (C=O) groups is 1. The first kappa shape index (κ1) is 19.5. The third kappa shape index (κ3) is 3.77. The van der Waals surface area contributed by atoms with Crippen LogP contribution in [0, 0.1) is 16.2 Å². The average molecular weight is 284 g/mol. The molecule has 0 amide bonds. The Morgan fingerprint density at radius 3 is 1.75 bits per heavy atom. The summed E-state index contributed by atoms with van der Waals surface area (Å²) >= 11 is 0. The van der Waals surface area contributed by atoms with Gasteiger partial charge in [-0.25, -0.2) is 0 Å². The second-order valence-corrected chi connectivity index (χ2v) is 7.18. The molecule has 2 heteroatoms. The minimum Gasteiger partial charge on any atom is -0.469 e. The van der Waals surface area contributed by atoms with E-state index in [1.807, 2.05) is 0 Å². The number of hydrogen-bond donors (Lipinski definition) is 0. The van der Waals surface area contributed by atoms with Crippen molar-refractivity contribution in [3.8, 4) is 0 Å². The molecular weight excluding hydrogens is 248 g/mol. The number of ether oxygens (including phenoxy) is 1. The fraction of sp³-hybridized carbons (Fsp3) is 0.944. The van der Waals surface area contributed by atoms with E-state index in [2.05, 4.69) is 48.5 Å². The van der Waals surface area contributed by atoms with Gasteiger partial charge in [-0.2, -0.15) is 0 Å². The molecule has 20 heavy (non-hydrogen) atoms. The summed E-state index contributed by atoms with van der Waals surface area (Å²) in [5.74, 6) is -0.0385. The molecule has 0 radical (unpaired) electrons. The van der Waals surface area contributed by atoms with Gasteiger partial charge in [-0.05, 0) is 37.0 Å². The Bertz CT molecular complexity index is 307. The van der Waals surface area contributed by atoms with Crippen LogP contribution in [0.2, 0.25) is 0 Å². The molecule has 2 atom stereocenters. The number of hydrogen-bond acceptors (Lipinski definition) is 2. The number of carbonyl (C=O) groups excluding carboxylic acids is 1. The Hall–Kier alpha value is -0.530. The molecular formula is C18H36O2. The van der Waals surface area contributed by atoms with Gasteiger partial charge in [0.25, 0.3) is 0 Å². The Morgan fingerprint density at radius 2 is 1.45 bits per heavy atom. The van der Waals surface area contributed by atoms with Gasteiger partial charge >= 0.3 is 5.97 Å². The molecule has 0 fully saturated rings. The van der Waals surface area contributed by atoms with Crippen LogP contribution in [0.5, 0.6) is 0 Å². The molecule has 0 aromatic rings. The number of methoxy groups -OCH3 is 1. The van der Waals surface area contributed by atoms with Crippen molar-refractivity contribution in [1.29, 1.82) is 0 Å². The summed E-state index contributed by atoms with van der Waals surface area (Å²) < 4.78 is 5.21. The predicted octanol–water partition coefficient (Wildman–Crippen LogP) is 5.60. The maximum Gasteiger partial charge on any atom is 0.312 e. The molecule has 0 aromatic heterocycles.